The summed E-state index contributed by atoms with van der Waals surface area (Å²) in [6.07, 6.45) is 0.314. The third kappa shape index (κ3) is 1.97. The minimum absolute atomic E-state index is 0.0342. The van der Waals surface area contributed by atoms with E-state index in [1.807, 2.05) is 0 Å². The number of hydrogen-bond donors (Lipinski definition) is 3. The molecule has 0 spiro atoms. The Morgan fingerprint density at radius 3 is 2.69 bits per heavy atom. The van der Waals surface area contributed by atoms with Crippen molar-refractivity contribution in [2.24, 2.45) is 5.73 Å². The van der Waals surface area contributed by atoms with E-state index in [2.05, 4.69) is 0 Å². The van der Waals surface area contributed by atoms with Crippen molar-refractivity contribution in [1.82, 2.24) is 0 Å². The molecule has 4 N–H and O–H groups in total. The normalized spacial score (nSPS) is 11.7. The predicted octanol–water partition coefficient (Wildman–Crippen LogP) is 1.37. The largest absolute Gasteiger partial charge is 0.508 e. The average Bonchev–Trinajstić information content (AvgIpc) is 2.13. The van der Waals surface area contributed by atoms with E-state index in [4.69, 9.17) is 10.8 Å². The zero-order chi connectivity index (χ0) is 9.84. The lowest BCUT2D eigenvalue weighted by Gasteiger charge is -2.05. The molecule has 0 atom stereocenters. The van der Waals surface area contributed by atoms with Crippen molar-refractivity contribution in [2.45, 2.75) is 0 Å². The average molecular weight is 183 g/mol. The SMILES string of the molecule is NC/C(=C/F)c1cc(O)ccc1O. The fourth-order valence-corrected chi connectivity index (χ4v) is 0.995. The summed E-state index contributed by atoms with van der Waals surface area (Å²) < 4.78 is 12.2. The summed E-state index contributed by atoms with van der Waals surface area (Å²) in [7, 11) is 0. The molecule has 70 valence electrons. The lowest BCUT2D eigenvalue weighted by atomic mass is 10.1. The van der Waals surface area contributed by atoms with Crippen LogP contribution < -0.4 is 5.73 Å². The Morgan fingerprint density at radius 1 is 1.46 bits per heavy atom. The van der Waals surface area contributed by atoms with Crippen LogP contribution in [0.25, 0.3) is 5.57 Å². The zero-order valence-electron chi connectivity index (χ0n) is 6.87. The van der Waals surface area contributed by atoms with Gasteiger partial charge in [-0.25, -0.2) is 4.39 Å². The first-order valence-corrected chi connectivity index (χ1v) is 3.70. The monoisotopic (exact) mass is 183 g/mol. The molecule has 0 unspecified atom stereocenters. The van der Waals surface area contributed by atoms with Gasteiger partial charge in [-0.05, 0) is 18.2 Å². The highest BCUT2D eigenvalue weighted by Crippen LogP contribution is 2.28. The van der Waals surface area contributed by atoms with Gasteiger partial charge in [-0.15, -0.1) is 0 Å². The smallest absolute Gasteiger partial charge is 0.123 e. The summed E-state index contributed by atoms with van der Waals surface area (Å²) in [6.45, 7) is -0.0342. The number of nitrogens with two attached hydrogens (primary N) is 1. The number of benzene rings is 1. The van der Waals surface area contributed by atoms with Gasteiger partial charge in [0.2, 0.25) is 0 Å². The first-order chi connectivity index (χ1) is 6.19. The zero-order valence-corrected chi connectivity index (χ0v) is 6.87. The summed E-state index contributed by atoms with van der Waals surface area (Å²) >= 11 is 0. The van der Waals surface area contributed by atoms with Crippen LogP contribution in [-0.2, 0) is 0 Å². The Kier molecular flexibility index (Phi) is 2.87. The highest BCUT2D eigenvalue weighted by molar-refractivity contribution is 5.71. The maximum atomic E-state index is 12.2. The second-order valence-corrected chi connectivity index (χ2v) is 2.54. The topological polar surface area (TPSA) is 66.5 Å². The first kappa shape index (κ1) is 9.54. The molecule has 1 aromatic rings. The minimum Gasteiger partial charge on any atom is -0.508 e. The lowest BCUT2D eigenvalue weighted by Crippen LogP contribution is -2.01. The van der Waals surface area contributed by atoms with Crippen LogP contribution in [0.1, 0.15) is 5.56 Å². The molecule has 0 saturated heterocycles. The van der Waals surface area contributed by atoms with Crippen LogP contribution in [0.15, 0.2) is 24.5 Å². The summed E-state index contributed by atoms with van der Waals surface area (Å²) in [5, 5.41) is 18.4. The molecule has 0 aliphatic carbocycles. The maximum Gasteiger partial charge on any atom is 0.123 e. The van der Waals surface area contributed by atoms with Crippen LogP contribution >= 0.6 is 0 Å². The molecule has 0 aromatic heterocycles. The van der Waals surface area contributed by atoms with Gasteiger partial charge in [0.15, 0.2) is 0 Å². The Balaban J connectivity index is 3.19. The standard InChI is InChI=1S/C9H10FNO2/c10-4-6(5-11)8-3-7(12)1-2-9(8)13/h1-4,12-13H,5,11H2/b6-4-. The molecular weight excluding hydrogens is 173 g/mol. The molecule has 0 aliphatic rings. The van der Waals surface area contributed by atoms with Gasteiger partial charge in [0.05, 0.1) is 6.33 Å². The van der Waals surface area contributed by atoms with Crippen LogP contribution in [0.2, 0.25) is 0 Å². The fraction of sp³-hybridized carbons (Fsp3) is 0.111. The number of aromatic hydroxyl groups is 2. The summed E-state index contributed by atoms with van der Waals surface area (Å²) in [5.41, 5.74) is 5.59. The molecule has 13 heavy (non-hydrogen) atoms. The Morgan fingerprint density at radius 2 is 2.15 bits per heavy atom. The molecule has 0 amide bonds. The summed E-state index contributed by atoms with van der Waals surface area (Å²) in [6, 6.07) is 3.85. The second kappa shape index (κ2) is 3.91. The van der Waals surface area contributed by atoms with Crippen LogP contribution in [0.4, 0.5) is 4.39 Å². The number of phenolic OH excluding ortho intramolecular Hbond substituents is 2. The van der Waals surface area contributed by atoms with Gasteiger partial charge in [-0.3, -0.25) is 0 Å². The highest BCUT2D eigenvalue weighted by Gasteiger charge is 2.06. The second-order valence-electron chi connectivity index (χ2n) is 2.54. The van der Waals surface area contributed by atoms with E-state index in [1.54, 1.807) is 0 Å². The number of hydrogen-bond acceptors (Lipinski definition) is 3. The van der Waals surface area contributed by atoms with Gasteiger partial charge in [0.25, 0.3) is 0 Å². The van der Waals surface area contributed by atoms with Gasteiger partial charge in [-0.2, -0.15) is 0 Å². The van der Waals surface area contributed by atoms with Crippen molar-refractivity contribution in [3.05, 3.63) is 30.1 Å². The molecule has 0 fully saturated rings. The molecule has 3 nitrogen and oxygen atoms in total. The molecule has 0 bridgehead atoms. The maximum absolute atomic E-state index is 12.2. The summed E-state index contributed by atoms with van der Waals surface area (Å²) in [4.78, 5) is 0. The molecule has 0 radical (unpaired) electrons. The molecule has 4 heteroatoms. The Bertz CT molecular complexity index is 336. The van der Waals surface area contributed by atoms with Crippen molar-refractivity contribution in [2.75, 3.05) is 6.54 Å². The lowest BCUT2D eigenvalue weighted by molar-refractivity contribution is 0.458. The number of halogens is 1. The van der Waals surface area contributed by atoms with E-state index < -0.39 is 0 Å². The van der Waals surface area contributed by atoms with Gasteiger partial charge in [0.1, 0.15) is 11.5 Å². The fourth-order valence-electron chi connectivity index (χ4n) is 0.995. The van der Waals surface area contributed by atoms with Crippen molar-refractivity contribution in [3.63, 3.8) is 0 Å². The number of phenols is 2. The molecule has 1 rings (SSSR count). The van der Waals surface area contributed by atoms with E-state index in [-0.39, 0.29) is 29.2 Å². The van der Waals surface area contributed by atoms with Gasteiger partial charge in [0, 0.05) is 17.7 Å². The molecule has 0 saturated carbocycles. The van der Waals surface area contributed by atoms with E-state index in [0.717, 1.165) is 0 Å². The number of rotatable bonds is 2. The third-order valence-electron chi connectivity index (χ3n) is 1.68. The van der Waals surface area contributed by atoms with Gasteiger partial charge >= 0.3 is 0 Å². The quantitative estimate of drug-likeness (QED) is 0.606. The van der Waals surface area contributed by atoms with Crippen molar-refractivity contribution in [3.8, 4) is 11.5 Å². The first-order valence-electron chi connectivity index (χ1n) is 3.70. The van der Waals surface area contributed by atoms with Crippen LogP contribution in [-0.4, -0.2) is 16.8 Å². The Labute approximate surface area is 74.9 Å². The highest BCUT2D eigenvalue weighted by atomic mass is 19.1. The molecule has 1 aromatic carbocycles. The minimum atomic E-state index is -0.104. The van der Waals surface area contributed by atoms with E-state index in [0.29, 0.717) is 6.33 Å². The van der Waals surface area contributed by atoms with Crippen LogP contribution in [0.5, 0.6) is 11.5 Å². The van der Waals surface area contributed by atoms with Crippen LogP contribution in [0, 0.1) is 0 Å². The van der Waals surface area contributed by atoms with Crippen molar-refractivity contribution < 1.29 is 14.6 Å². The van der Waals surface area contributed by atoms with E-state index >= 15 is 0 Å². The third-order valence-corrected chi connectivity index (χ3v) is 1.68. The molecule has 0 heterocycles. The Hall–Kier alpha value is -1.55. The molecule has 0 aliphatic heterocycles. The van der Waals surface area contributed by atoms with Crippen molar-refractivity contribution in [1.29, 1.82) is 0 Å². The van der Waals surface area contributed by atoms with Crippen molar-refractivity contribution >= 4 is 5.57 Å². The van der Waals surface area contributed by atoms with Gasteiger partial charge < -0.3 is 15.9 Å². The molecular formula is C9H10FNO2. The predicted molar refractivity (Wildman–Crippen MR) is 47.9 cm³/mol. The van der Waals surface area contributed by atoms with E-state index in [1.165, 1.54) is 18.2 Å². The summed E-state index contributed by atoms with van der Waals surface area (Å²) in [5.74, 6) is -0.146. The van der Waals surface area contributed by atoms with Crippen LogP contribution in [0.3, 0.4) is 0 Å². The van der Waals surface area contributed by atoms with Gasteiger partial charge in [-0.1, -0.05) is 0 Å². The van der Waals surface area contributed by atoms with E-state index in [9.17, 15) is 9.50 Å².